The molecule has 0 N–H and O–H groups in total. The monoisotopic (exact) mass is 303 g/mol. The second-order valence-corrected chi connectivity index (χ2v) is 5.51. The third-order valence-electron chi connectivity index (χ3n) is 3.40. The van der Waals surface area contributed by atoms with Gasteiger partial charge in [-0.25, -0.2) is 0 Å². The zero-order valence-electron chi connectivity index (χ0n) is 10.8. The summed E-state index contributed by atoms with van der Waals surface area (Å²) < 4.78 is 0. The first-order valence-electron chi connectivity index (χ1n) is 6.35. The summed E-state index contributed by atoms with van der Waals surface area (Å²) in [6.45, 7) is 4.46. The van der Waals surface area contributed by atoms with Crippen LogP contribution in [0.2, 0.25) is 0 Å². The Morgan fingerprint density at radius 2 is 1.78 bits per heavy atom. The smallest absolute Gasteiger partial charge is 0.0463 e. The standard InChI is InChI=1S/C16H18BrN/c1-3-13-6-4-5-7-15(13)16(17)12(2)14-8-10-18-11-9-14/h4-12,16H,3H2,1-2H3. The Bertz CT molecular complexity index is 495. The summed E-state index contributed by atoms with van der Waals surface area (Å²) >= 11 is 3.86. The van der Waals surface area contributed by atoms with Crippen LogP contribution < -0.4 is 0 Å². The fraction of sp³-hybridized carbons (Fsp3) is 0.312. The molecule has 0 aliphatic carbocycles. The Morgan fingerprint density at radius 3 is 2.44 bits per heavy atom. The molecule has 2 aromatic rings. The first-order valence-corrected chi connectivity index (χ1v) is 7.27. The molecule has 18 heavy (non-hydrogen) atoms. The van der Waals surface area contributed by atoms with Gasteiger partial charge in [0.25, 0.3) is 0 Å². The Kier molecular flexibility index (Phi) is 4.54. The van der Waals surface area contributed by atoms with Gasteiger partial charge in [-0.15, -0.1) is 0 Å². The number of benzene rings is 1. The number of pyridine rings is 1. The van der Waals surface area contributed by atoms with Crippen molar-refractivity contribution in [3.05, 3.63) is 65.5 Å². The fourth-order valence-corrected chi connectivity index (χ4v) is 2.98. The van der Waals surface area contributed by atoms with Crippen molar-refractivity contribution in [2.45, 2.75) is 31.0 Å². The summed E-state index contributed by atoms with van der Waals surface area (Å²) in [6, 6.07) is 12.8. The average Bonchev–Trinajstić information content (AvgIpc) is 2.46. The van der Waals surface area contributed by atoms with E-state index in [0.717, 1.165) is 6.42 Å². The van der Waals surface area contributed by atoms with E-state index >= 15 is 0 Å². The van der Waals surface area contributed by atoms with Crippen molar-refractivity contribution in [1.82, 2.24) is 4.98 Å². The molecule has 2 heteroatoms. The molecule has 0 aliphatic heterocycles. The van der Waals surface area contributed by atoms with Gasteiger partial charge >= 0.3 is 0 Å². The molecule has 0 aliphatic rings. The van der Waals surface area contributed by atoms with E-state index in [0.29, 0.717) is 10.7 Å². The van der Waals surface area contributed by atoms with Gasteiger partial charge < -0.3 is 0 Å². The lowest BCUT2D eigenvalue weighted by Crippen LogP contribution is -2.05. The molecule has 2 rings (SSSR count). The first kappa shape index (κ1) is 13.3. The van der Waals surface area contributed by atoms with Crippen molar-refractivity contribution in [2.24, 2.45) is 0 Å². The zero-order chi connectivity index (χ0) is 13.0. The minimum absolute atomic E-state index is 0.344. The van der Waals surface area contributed by atoms with E-state index in [2.05, 4.69) is 71.2 Å². The Labute approximate surface area is 117 Å². The summed E-state index contributed by atoms with van der Waals surface area (Å²) in [7, 11) is 0. The number of hydrogen-bond donors (Lipinski definition) is 0. The minimum atomic E-state index is 0.344. The van der Waals surface area contributed by atoms with Crippen LogP contribution in [0.15, 0.2) is 48.8 Å². The van der Waals surface area contributed by atoms with Gasteiger partial charge in [0.2, 0.25) is 0 Å². The third kappa shape index (κ3) is 2.81. The van der Waals surface area contributed by atoms with Gasteiger partial charge in [0.1, 0.15) is 0 Å². The highest BCUT2D eigenvalue weighted by Crippen LogP contribution is 2.38. The summed E-state index contributed by atoms with van der Waals surface area (Å²) in [5.41, 5.74) is 4.13. The van der Waals surface area contributed by atoms with Gasteiger partial charge in [-0.3, -0.25) is 4.98 Å². The second kappa shape index (κ2) is 6.14. The number of hydrogen-bond acceptors (Lipinski definition) is 1. The van der Waals surface area contributed by atoms with Crippen molar-refractivity contribution in [2.75, 3.05) is 0 Å². The highest BCUT2D eigenvalue weighted by molar-refractivity contribution is 9.09. The Hall–Kier alpha value is -1.15. The summed E-state index contributed by atoms with van der Waals surface area (Å²) in [5, 5.41) is 0. The highest BCUT2D eigenvalue weighted by atomic mass is 79.9. The first-order chi connectivity index (χ1) is 8.74. The molecule has 0 saturated heterocycles. The maximum Gasteiger partial charge on any atom is 0.0463 e. The zero-order valence-corrected chi connectivity index (χ0v) is 12.4. The van der Waals surface area contributed by atoms with E-state index in [1.807, 2.05) is 12.4 Å². The van der Waals surface area contributed by atoms with E-state index in [9.17, 15) is 0 Å². The highest BCUT2D eigenvalue weighted by Gasteiger charge is 2.19. The fourth-order valence-electron chi connectivity index (χ4n) is 2.23. The predicted octanol–water partition coefficient (Wildman–Crippen LogP) is 4.88. The van der Waals surface area contributed by atoms with E-state index in [4.69, 9.17) is 0 Å². The molecule has 0 radical (unpaired) electrons. The van der Waals surface area contributed by atoms with Crippen LogP contribution in [0.5, 0.6) is 0 Å². The molecule has 0 bridgehead atoms. The summed E-state index contributed by atoms with van der Waals surface area (Å²) in [5.74, 6) is 0.431. The van der Waals surface area contributed by atoms with E-state index in [1.165, 1.54) is 16.7 Å². The number of aromatic nitrogens is 1. The summed E-state index contributed by atoms with van der Waals surface area (Å²) in [6.07, 6.45) is 4.79. The maximum absolute atomic E-state index is 4.08. The topological polar surface area (TPSA) is 12.9 Å². The summed E-state index contributed by atoms with van der Waals surface area (Å²) in [4.78, 5) is 4.42. The van der Waals surface area contributed by atoms with Crippen LogP contribution >= 0.6 is 15.9 Å². The van der Waals surface area contributed by atoms with E-state index < -0.39 is 0 Å². The average molecular weight is 304 g/mol. The lowest BCUT2D eigenvalue weighted by atomic mass is 9.91. The molecule has 2 unspecified atom stereocenters. The van der Waals surface area contributed by atoms with Crippen molar-refractivity contribution < 1.29 is 0 Å². The number of rotatable bonds is 4. The van der Waals surface area contributed by atoms with Crippen molar-refractivity contribution in [3.63, 3.8) is 0 Å². The van der Waals surface area contributed by atoms with E-state index in [1.54, 1.807) is 0 Å². The lowest BCUT2D eigenvalue weighted by molar-refractivity contribution is 0.743. The van der Waals surface area contributed by atoms with Crippen LogP contribution in [0.1, 0.15) is 41.3 Å². The molecule has 0 fully saturated rings. The van der Waals surface area contributed by atoms with Gasteiger partial charge in [0.05, 0.1) is 0 Å². The number of halogens is 1. The second-order valence-electron chi connectivity index (χ2n) is 4.52. The lowest BCUT2D eigenvalue weighted by Gasteiger charge is -2.21. The Morgan fingerprint density at radius 1 is 1.11 bits per heavy atom. The van der Waals surface area contributed by atoms with Crippen molar-refractivity contribution in [3.8, 4) is 0 Å². The molecule has 2 atom stereocenters. The number of nitrogens with zero attached hydrogens (tertiary/aromatic N) is 1. The van der Waals surface area contributed by atoms with Crippen molar-refractivity contribution >= 4 is 15.9 Å². The van der Waals surface area contributed by atoms with Crippen LogP contribution in [0.4, 0.5) is 0 Å². The molecule has 1 nitrogen and oxygen atoms in total. The molecule has 0 amide bonds. The van der Waals surface area contributed by atoms with Gasteiger partial charge in [0, 0.05) is 17.2 Å². The molecule has 94 valence electrons. The normalized spacial score (nSPS) is 14.2. The SMILES string of the molecule is CCc1ccccc1C(Br)C(C)c1ccncc1. The molecule has 1 aromatic carbocycles. The predicted molar refractivity (Wildman–Crippen MR) is 80.1 cm³/mol. The molecule has 1 aromatic heterocycles. The quantitative estimate of drug-likeness (QED) is 0.733. The number of aryl methyl sites for hydroxylation is 1. The van der Waals surface area contributed by atoms with E-state index in [-0.39, 0.29) is 0 Å². The van der Waals surface area contributed by atoms with Gasteiger partial charge in [0.15, 0.2) is 0 Å². The van der Waals surface area contributed by atoms with Crippen LogP contribution in [0, 0.1) is 0 Å². The molecule has 1 heterocycles. The minimum Gasteiger partial charge on any atom is -0.265 e. The molecular formula is C16H18BrN. The van der Waals surface area contributed by atoms with Gasteiger partial charge in [-0.05, 0) is 41.2 Å². The maximum atomic E-state index is 4.08. The van der Waals surface area contributed by atoms with Crippen molar-refractivity contribution in [1.29, 1.82) is 0 Å². The third-order valence-corrected chi connectivity index (χ3v) is 4.69. The molecule has 0 saturated carbocycles. The van der Waals surface area contributed by atoms with Gasteiger partial charge in [-0.2, -0.15) is 0 Å². The van der Waals surface area contributed by atoms with Crippen LogP contribution in [-0.2, 0) is 6.42 Å². The van der Waals surface area contributed by atoms with Crippen LogP contribution in [-0.4, -0.2) is 4.98 Å². The molecular weight excluding hydrogens is 286 g/mol. The Balaban J connectivity index is 2.28. The largest absolute Gasteiger partial charge is 0.265 e. The number of alkyl halides is 1. The van der Waals surface area contributed by atoms with Crippen LogP contribution in [0.3, 0.4) is 0 Å². The van der Waals surface area contributed by atoms with Crippen LogP contribution in [0.25, 0.3) is 0 Å². The molecule has 0 spiro atoms. The van der Waals surface area contributed by atoms with Gasteiger partial charge in [-0.1, -0.05) is 54.0 Å².